The third-order valence-corrected chi connectivity index (χ3v) is 6.03. The summed E-state index contributed by atoms with van der Waals surface area (Å²) in [5.74, 6) is 0.713. The first-order valence-corrected chi connectivity index (χ1v) is 10.4. The zero-order valence-electron chi connectivity index (χ0n) is 17.3. The molecule has 3 aliphatic heterocycles. The van der Waals surface area contributed by atoms with Crippen molar-refractivity contribution in [2.24, 2.45) is 0 Å². The Bertz CT molecular complexity index is 884. The molecule has 2 bridgehead atoms. The lowest BCUT2D eigenvalue weighted by Crippen LogP contribution is -2.55. The van der Waals surface area contributed by atoms with Gasteiger partial charge in [-0.15, -0.1) is 0 Å². The van der Waals surface area contributed by atoms with Gasteiger partial charge in [0.2, 0.25) is 17.7 Å². The summed E-state index contributed by atoms with van der Waals surface area (Å²) in [5.41, 5.74) is 0.750. The fraction of sp³-hybridized carbons (Fsp3) is 0.500. The summed E-state index contributed by atoms with van der Waals surface area (Å²) in [6, 6.07) is 4.11. The van der Waals surface area contributed by atoms with E-state index in [4.69, 9.17) is 9.47 Å². The molecule has 1 N–H and O–H groups in total. The lowest BCUT2D eigenvalue weighted by Gasteiger charge is -2.33. The van der Waals surface area contributed by atoms with Gasteiger partial charge in [-0.1, -0.05) is 6.92 Å². The lowest BCUT2D eigenvalue weighted by molar-refractivity contribution is -0.148. The van der Waals surface area contributed by atoms with Crippen molar-refractivity contribution < 1.29 is 23.9 Å². The molecule has 0 saturated carbocycles. The summed E-state index contributed by atoms with van der Waals surface area (Å²) < 4.78 is 11.6. The van der Waals surface area contributed by atoms with Crippen LogP contribution in [0, 0.1) is 0 Å². The van der Waals surface area contributed by atoms with Crippen LogP contribution in [0.25, 0.3) is 6.08 Å². The number of carbonyl (C=O) groups is 3. The number of nitrogens with one attached hydrogen (secondary N) is 1. The Labute approximate surface area is 175 Å². The lowest BCUT2D eigenvalue weighted by atomic mass is 10.1. The molecule has 8 nitrogen and oxygen atoms in total. The maximum atomic E-state index is 13.5. The number of hydrogen-bond acceptors (Lipinski definition) is 5. The molecule has 8 heteroatoms. The highest BCUT2D eigenvalue weighted by Gasteiger charge is 2.47. The summed E-state index contributed by atoms with van der Waals surface area (Å²) in [5, 5.41) is 2.79. The molecule has 3 unspecified atom stereocenters. The van der Waals surface area contributed by atoms with E-state index in [0.29, 0.717) is 43.9 Å². The normalized spacial score (nSPS) is 27.1. The summed E-state index contributed by atoms with van der Waals surface area (Å²) >= 11 is 0. The number of benzene rings is 1. The molecule has 3 amide bonds. The Morgan fingerprint density at radius 2 is 2.10 bits per heavy atom. The van der Waals surface area contributed by atoms with Gasteiger partial charge in [-0.25, -0.2) is 0 Å². The van der Waals surface area contributed by atoms with Gasteiger partial charge in [0.05, 0.1) is 7.11 Å². The van der Waals surface area contributed by atoms with Crippen molar-refractivity contribution in [1.82, 2.24) is 15.1 Å². The second kappa shape index (κ2) is 8.38. The number of likely N-dealkylation sites (tertiary alicyclic amines) is 1. The molecule has 1 aromatic carbocycles. The standard InChI is InChI=1S/C22H27N3O5/c1-3-19(26)25-12-9-18-20(25)22(28)24-11-4-5-16(24)21(27)23-10-8-14-13-15(30-18)6-7-17(14)29-2/h6-8,10,13,16,18,20H,3-5,9,11-12H2,1-2H3,(H,23,27)/b10-8-. The zero-order chi connectivity index (χ0) is 21.3. The number of rotatable bonds is 2. The number of nitrogens with zero attached hydrogens (tertiary/aromatic N) is 2. The molecule has 3 aliphatic rings. The second-order valence-electron chi connectivity index (χ2n) is 7.77. The smallest absolute Gasteiger partial charge is 0.249 e. The van der Waals surface area contributed by atoms with E-state index in [1.54, 1.807) is 48.2 Å². The molecule has 160 valence electrons. The predicted octanol–water partition coefficient (Wildman–Crippen LogP) is 1.54. The molecule has 0 radical (unpaired) electrons. The quantitative estimate of drug-likeness (QED) is 0.795. The van der Waals surface area contributed by atoms with Crippen LogP contribution in [0.3, 0.4) is 0 Å². The highest BCUT2D eigenvalue weighted by molar-refractivity contribution is 5.93. The molecule has 30 heavy (non-hydrogen) atoms. The predicted molar refractivity (Wildman–Crippen MR) is 110 cm³/mol. The van der Waals surface area contributed by atoms with Crippen LogP contribution in [-0.2, 0) is 14.4 Å². The molecule has 0 aliphatic carbocycles. The molecule has 2 saturated heterocycles. The molecule has 3 atom stereocenters. The van der Waals surface area contributed by atoms with Gasteiger partial charge < -0.3 is 24.6 Å². The fourth-order valence-corrected chi connectivity index (χ4v) is 4.54. The maximum Gasteiger partial charge on any atom is 0.249 e. The molecular formula is C22H27N3O5. The van der Waals surface area contributed by atoms with Crippen molar-refractivity contribution in [3.63, 3.8) is 0 Å². The van der Waals surface area contributed by atoms with Crippen LogP contribution >= 0.6 is 0 Å². The Morgan fingerprint density at radius 1 is 1.27 bits per heavy atom. The zero-order valence-corrected chi connectivity index (χ0v) is 17.3. The minimum atomic E-state index is -0.731. The third kappa shape index (κ3) is 3.62. The van der Waals surface area contributed by atoms with Gasteiger partial charge >= 0.3 is 0 Å². The first-order chi connectivity index (χ1) is 14.5. The first-order valence-electron chi connectivity index (χ1n) is 10.4. The average molecular weight is 413 g/mol. The molecule has 2 fully saturated rings. The maximum absolute atomic E-state index is 13.5. The molecular weight excluding hydrogens is 386 g/mol. The van der Waals surface area contributed by atoms with Gasteiger partial charge in [0.25, 0.3) is 0 Å². The Balaban J connectivity index is 1.76. The summed E-state index contributed by atoms with van der Waals surface area (Å²) in [7, 11) is 1.58. The Kier molecular flexibility index (Phi) is 5.65. The van der Waals surface area contributed by atoms with E-state index in [1.807, 2.05) is 6.07 Å². The molecule has 0 spiro atoms. The van der Waals surface area contributed by atoms with E-state index in [0.717, 1.165) is 12.0 Å². The molecule has 3 heterocycles. The topological polar surface area (TPSA) is 88.2 Å². The van der Waals surface area contributed by atoms with Crippen molar-refractivity contribution in [2.75, 3.05) is 20.2 Å². The minimum Gasteiger partial charge on any atom is -0.496 e. The SMILES string of the molecule is CCC(=O)N1CCC2Oc3ccc(OC)c(c3)/C=C\NC(=O)C3CCCN3C(=O)C21. The van der Waals surface area contributed by atoms with Crippen molar-refractivity contribution in [1.29, 1.82) is 0 Å². The Hall–Kier alpha value is -3.03. The number of amides is 3. The van der Waals surface area contributed by atoms with E-state index >= 15 is 0 Å². The van der Waals surface area contributed by atoms with Gasteiger partial charge in [-0.05, 0) is 37.1 Å². The van der Waals surface area contributed by atoms with Crippen molar-refractivity contribution in [3.05, 3.63) is 30.0 Å². The van der Waals surface area contributed by atoms with Crippen molar-refractivity contribution >= 4 is 23.8 Å². The number of fused-ring (bicyclic) bond motifs is 4. The van der Waals surface area contributed by atoms with E-state index < -0.39 is 18.2 Å². The van der Waals surface area contributed by atoms with Gasteiger partial charge in [0.1, 0.15) is 29.7 Å². The van der Waals surface area contributed by atoms with Gasteiger partial charge in [-0.3, -0.25) is 14.4 Å². The summed E-state index contributed by atoms with van der Waals surface area (Å²) in [6.45, 7) is 2.75. The van der Waals surface area contributed by atoms with Crippen LogP contribution in [0.2, 0.25) is 0 Å². The van der Waals surface area contributed by atoms with Gasteiger partial charge in [-0.2, -0.15) is 0 Å². The highest BCUT2D eigenvalue weighted by atomic mass is 16.5. The Morgan fingerprint density at radius 3 is 2.87 bits per heavy atom. The van der Waals surface area contributed by atoms with Crippen LogP contribution in [-0.4, -0.2) is 65.9 Å². The van der Waals surface area contributed by atoms with E-state index in [-0.39, 0.29) is 17.7 Å². The van der Waals surface area contributed by atoms with E-state index in [9.17, 15) is 14.4 Å². The largest absolute Gasteiger partial charge is 0.496 e. The average Bonchev–Trinajstić information content (AvgIpc) is 3.40. The third-order valence-electron chi connectivity index (χ3n) is 6.03. The summed E-state index contributed by atoms with van der Waals surface area (Å²) in [6.07, 6.45) is 5.07. The number of methoxy groups -OCH3 is 1. The second-order valence-corrected chi connectivity index (χ2v) is 7.77. The molecule has 1 aromatic rings. The van der Waals surface area contributed by atoms with Gasteiger partial charge in [0.15, 0.2) is 0 Å². The van der Waals surface area contributed by atoms with Crippen molar-refractivity contribution in [2.45, 2.75) is 50.8 Å². The van der Waals surface area contributed by atoms with Gasteiger partial charge in [0, 0.05) is 37.7 Å². The monoisotopic (exact) mass is 413 g/mol. The van der Waals surface area contributed by atoms with Crippen LogP contribution in [0.4, 0.5) is 0 Å². The fourth-order valence-electron chi connectivity index (χ4n) is 4.54. The molecule has 0 aromatic heterocycles. The minimum absolute atomic E-state index is 0.0824. The van der Waals surface area contributed by atoms with Crippen LogP contribution in [0.5, 0.6) is 11.5 Å². The van der Waals surface area contributed by atoms with E-state index in [2.05, 4.69) is 5.32 Å². The van der Waals surface area contributed by atoms with Crippen molar-refractivity contribution in [3.8, 4) is 11.5 Å². The highest BCUT2D eigenvalue weighted by Crippen LogP contribution is 2.31. The summed E-state index contributed by atoms with van der Waals surface area (Å²) in [4.78, 5) is 42.1. The number of carbonyl (C=O) groups excluding carboxylic acids is 3. The first kappa shape index (κ1) is 20.3. The van der Waals surface area contributed by atoms with Crippen LogP contribution < -0.4 is 14.8 Å². The van der Waals surface area contributed by atoms with Crippen LogP contribution in [0.1, 0.15) is 38.2 Å². The number of hydrogen-bond donors (Lipinski definition) is 1. The molecule has 4 rings (SSSR count). The van der Waals surface area contributed by atoms with E-state index in [1.165, 1.54) is 0 Å². The number of ether oxygens (including phenoxy) is 2. The van der Waals surface area contributed by atoms with Crippen LogP contribution in [0.15, 0.2) is 24.4 Å².